The largest absolute Gasteiger partial charge is 0.453 e. The zero-order chi connectivity index (χ0) is 20.6. The average Bonchev–Trinajstić information content (AvgIpc) is 3.22. The predicted molar refractivity (Wildman–Crippen MR) is 108 cm³/mol. The maximum Gasteiger partial charge on any atom is 0.340 e. The van der Waals surface area contributed by atoms with Gasteiger partial charge in [-0.05, 0) is 42.3 Å². The van der Waals surface area contributed by atoms with Crippen molar-refractivity contribution in [3.8, 4) is 11.3 Å². The van der Waals surface area contributed by atoms with E-state index >= 15 is 0 Å². The number of carbonyl (C=O) groups is 3. The van der Waals surface area contributed by atoms with Gasteiger partial charge < -0.3 is 14.5 Å². The fourth-order valence-corrected chi connectivity index (χ4v) is 2.85. The summed E-state index contributed by atoms with van der Waals surface area (Å²) in [4.78, 5) is 35.0. The molecule has 0 fully saturated rings. The molecule has 1 heterocycles. The minimum Gasteiger partial charge on any atom is -0.453 e. The third-order valence-corrected chi connectivity index (χ3v) is 4.46. The first-order chi connectivity index (χ1) is 14.1. The summed E-state index contributed by atoms with van der Waals surface area (Å²) in [5, 5.41) is 2.89. The standard InChI is InChI=1S/C22H18ClNO5/c23-19-8-6-16(20-9-7-17(13-25)29-20)12-18(19)22(27)28-14-21(26)24-11-10-15-4-2-1-3-5-15/h1-9,12-13H,10-11,14H2,(H,24,26). The first-order valence-electron chi connectivity index (χ1n) is 8.89. The molecule has 0 radical (unpaired) electrons. The minimum atomic E-state index is -0.725. The van der Waals surface area contributed by atoms with Crippen molar-refractivity contribution in [1.29, 1.82) is 0 Å². The SMILES string of the molecule is O=Cc1ccc(-c2ccc(Cl)c(C(=O)OCC(=O)NCCc3ccccc3)c2)o1. The first-order valence-corrected chi connectivity index (χ1v) is 9.27. The number of hydrogen-bond donors (Lipinski definition) is 1. The number of carbonyl (C=O) groups excluding carboxylic acids is 3. The molecule has 0 atom stereocenters. The molecule has 3 aromatic rings. The Kier molecular flexibility index (Phi) is 6.81. The van der Waals surface area contributed by atoms with E-state index in [1.54, 1.807) is 12.1 Å². The van der Waals surface area contributed by atoms with Crippen molar-refractivity contribution in [1.82, 2.24) is 5.32 Å². The van der Waals surface area contributed by atoms with Crippen LogP contribution in [0.2, 0.25) is 5.02 Å². The van der Waals surface area contributed by atoms with Gasteiger partial charge in [0.1, 0.15) is 5.76 Å². The second-order valence-corrected chi connectivity index (χ2v) is 6.58. The van der Waals surface area contributed by atoms with Crippen LogP contribution in [0.1, 0.15) is 26.5 Å². The number of nitrogens with one attached hydrogen (secondary N) is 1. The number of benzene rings is 2. The quantitative estimate of drug-likeness (QED) is 0.448. The molecule has 1 N–H and O–H groups in total. The third kappa shape index (κ3) is 5.56. The molecule has 0 aliphatic rings. The molecule has 7 heteroatoms. The van der Waals surface area contributed by atoms with Gasteiger partial charge in [0.2, 0.25) is 0 Å². The number of esters is 1. The Morgan fingerprint density at radius 2 is 1.86 bits per heavy atom. The monoisotopic (exact) mass is 411 g/mol. The minimum absolute atomic E-state index is 0.102. The maximum absolute atomic E-state index is 12.3. The molecule has 0 aliphatic carbocycles. The van der Waals surface area contributed by atoms with Gasteiger partial charge in [-0.2, -0.15) is 0 Å². The Morgan fingerprint density at radius 3 is 2.59 bits per heavy atom. The summed E-state index contributed by atoms with van der Waals surface area (Å²) < 4.78 is 10.4. The van der Waals surface area contributed by atoms with Gasteiger partial charge in [0.15, 0.2) is 18.7 Å². The van der Waals surface area contributed by atoms with Gasteiger partial charge in [0.25, 0.3) is 5.91 Å². The Bertz CT molecular complexity index is 1010. The molecular formula is C22H18ClNO5. The van der Waals surface area contributed by atoms with Gasteiger partial charge in [-0.15, -0.1) is 0 Å². The highest BCUT2D eigenvalue weighted by Gasteiger charge is 2.16. The Labute approximate surface area is 172 Å². The van der Waals surface area contributed by atoms with Crippen molar-refractivity contribution in [3.63, 3.8) is 0 Å². The van der Waals surface area contributed by atoms with Crippen molar-refractivity contribution in [2.75, 3.05) is 13.2 Å². The van der Waals surface area contributed by atoms with Crippen LogP contribution in [0.4, 0.5) is 0 Å². The van der Waals surface area contributed by atoms with Crippen molar-refractivity contribution in [2.45, 2.75) is 6.42 Å². The molecule has 3 rings (SSSR count). The summed E-state index contributed by atoms with van der Waals surface area (Å²) in [6.45, 7) is 0.0262. The molecular weight excluding hydrogens is 394 g/mol. The average molecular weight is 412 g/mol. The zero-order valence-corrected chi connectivity index (χ0v) is 16.1. The Morgan fingerprint density at radius 1 is 1.07 bits per heavy atom. The number of amides is 1. The lowest BCUT2D eigenvalue weighted by Gasteiger charge is -2.08. The van der Waals surface area contributed by atoms with Crippen LogP contribution in [0, 0.1) is 0 Å². The summed E-state index contributed by atoms with van der Waals surface area (Å²) in [6, 6.07) is 17.5. The van der Waals surface area contributed by atoms with Crippen LogP contribution in [0.15, 0.2) is 65.1 Å². The highest BCUT2D eigenvalue weighted by Crippen LogP contribution is 2.27. The fraction of sp³-hybridized carbons (Fsp3) is 0.136. The number of aldehydes is 1. The van der Waals surface area contributed by atoms with Crippen LogP contribution in [0.5, 0.6) is 0 Å². The molecule has 0 aliphatic heterocycles. The van der Waals surface area contributed by atoms with Gasteiger partial charge in [-0.25, -0.2) is 4.79 Å². The Balaban J connectivity index is 1.55. The molecule has 29 heavy (non-hydrogen) atoms. The van der Waals surface area contributed by atoms with Crippen molar-refractivity contribution in [3.05, 3.63) is 82.6 Å². The van der Waals surface area contributed by atoms with E-state index in [4.69, 9.17) is 20.8 Å². The lowest BCUT2D eigenvalue weighted by Crippen LogP contribution is -2.30. The number of ether oxygens (including phenoxy) is 1. The molecule has 6 nitrogen and oxygen atoms in total. The topological polar surface area (TPSA) is 85.6 Å². The number of hydrogen-bond acceptors (Lipinski definition) is 5. The molecule has 1 amide bonds. The van der Waals surface area contributed by atoms with E-state index < -0.39 is 18.5 Å². The summed E-state index contributed by atoms with van der Waals surface area (Å²) in [5.74, 6) is -0.539. The van der Waals surface area contributed by atoms with Gasteiger partial charge in [-0.1, -0.05) is 41.9 Å². The number of halogens is 1. The van der Waals surface area contributed by atoms with E-state index in [-0.39, 0.29) is 16.3 Å². The van der Waals surface area contributed by atoms with Crippen molar-refractivity contribution in [2.24, 2.45) is 0 Å². The predicted octanol–water partition coefficient (Wildman–Crippen LogP) is 3.93. The van der Waals surface area contributed by atoms with Crippen molar-refractivity contribution >= 4 is 29.8 Å². The summed E-state index contributed by atoms with van der Waals surface area (Å²) in [6.07, 6.45) is 1.27. The lowest BCUT2D eigenvalue weighted by molar-refractivity contribution is -0.124. The number of rotatable bonds is 8. The summed E-state index contributed by atoms with van der Waals surface area (Å²) >= 11 is 6.09. The highest BCUT2D eigenvalue weighted by molar-refractivity contribution is 6.33. The van der Waals surface area contributed by atoms with E-state index in [9.17, 15) is 14.4 Å². The first kappa shape index (κ1) is 20.4. The van der Waals surface area contributed by atoms with Crippen LogP contribution < -0.4 is 5.32 Å². The van der Waals surface area contributed by atoms with Crippen LogP contribution in [0.3, 0.4) is 0 Å². The molecule has 2 aromatic carbocycles. The normalized spacial score (nSPS) is 10.4. The summed E-state index contributed by atoms with van der Waals surface area (Å²) in [7, 11) is 0. The Hall–Kier alpha value is -3.38. The van der Waals surface area contributed by atoms with E-state index in [0.717, 1.165) is 5.56 Å². The molecule has 148 valence electrons. The summed E-state index contributed by atoms with van der Waals surface area (Å²) in [5.41, 5.74) is 1.76. The molecule has 0 saturated carbocycles. The van der Waals surface area contributed by atoms with Gasteiger partial charge in [0, 0.05) is 12.1 Å². The van der Waals surface area contributed by atoms with Gasteiger partial charge in [0.05, 0.1) is 10.6 Å². The zero-order valence-electron chi connectivity index (χ0n) is 15.4. The highest BCUT2D eigenvalue weighted by atomic mass is 35.5. The molecule has 0 saturated heterocycles. The van der Waals surface area contributed by atoms with Crippen LogP contribution in [0.25, 0.3) is 11.3 Å². The van der Waals surface area contributed by atoms with E-state index in [1.165, 1.54) is 18.2 Å². The molecule has 0 bridgehead atoms. The third-order valence-electron chi connectivity index (χ3n) is 4.13. The molecule has 0 spiro atoms. The number of furan rings is 1. The second-order valence-electron chi connectivity index (χ2n) is 6.18. The smallest absolute Gasteiger partial charge is 0.340 e. The second kappa shape index (κ2) is 9.71. The van der Waals surface area contributed by atoms with Crippen LogP contribution >= 0.6 is 11.6 Å². The van der Waals surface area contributed by atoms with Crippen LogP contribution in [-0.4, -0.2) is 31.3 Å². The lowest BCUT2D eigenvalue weighted by atomic mass is 10.1. The van der Waals surface area contributed by atoms with E-state index in [2.05, 4.69) is 5.32 Å². The maximum atomic E-state index is 12.3. The molecule has 0 unspecified atom stereocenters. The van der Waals surface area contributed by atoms with Gasteiger partial charge >= 0.3 is 5.97 Å². The van der Waals surface area contributed by atoms with Crippen LogP contribution in [-0.2, 0) is 16.0 Å². The molecule has 1 aromatic heterocycles. The fourth-order valence-electron chi connectivity index (χ4n) is 2.66. The van der Waals surface area contributed by atoms with E-state index in [0.29, 0.717) is 30.6 Å². The van der Waals surface area contributed by atoms with Crippen molar-refractivity contribution < 1.29 is 23.5 Å². The van der Waals surface area contributed by atoms with Gasteiger partial charge in [-0.3, -0.25) is 9.59 Å². The van der Waals surface area contributed by atoms with E-state index in [1.807, 2.05) is 30.3 Å².